The highest BCUT2D eigenvalue weighted by molar-refractivity contribution is 5.87. The van der Waals surface area contributed by atoms with Crippen LogP contribution in [0.5, 0.6) is 0 Å². The molecule has 0 atom stereocenters. The van der Waals surface area contributed by atoms with Crippen LogP contribution in [0.2, 0.25) is 0 Å². The van der Waals surface area contributed by atoms with E-state index in [0.717, 1.165) is 16.5 Å². The largest absolute Gasteiger partial charge is 0.0622 e. The zero-order valence-electron chi connectivity index (χ0n) is 9.85. The summed E-state index contributed by atoms with van der Waals surface area (Å²) in [6.45, 7) is 0. The summed E-state index contributed by atoms with van der Waals surface area (Å²) < 4.78 is 0. The third-order valence-corrected chi connectivity index (χ3v) is 2.81. The summed E-state index contributed by atoms with van der Waals surface area (Å²) in [5.74, 6) is 6.41. The molecular weight excluding hydrogens is 216 g/mol. The summed E-state index contributed by atoms with van der Waals surface area (Å²) in [5, 5.41) is 2.26. The second-order valence-electron chi connectivity index (χ2n) is 4.06. The molecule has 0 aromatic heterocycles. The number of rotatable bonds is 0. The van der Waals surface area contributed by atoms with Crippen LogP contribution in [0.25, 0.3) is 10.8 Å². The molecule has 0 bridgehead atoms. The van der Waals surface area contributed by atoms with E-state index in [4.69, 9.17) is 0 Å². The normalized spacial score (nSPS) is 9.78. The molecular formula is C18H11. The second-order valence-corrected chi connectivity index (χ2v) is 4.06. The molecule has 0 fully saturated rings. The van der Waals surface area contributed by atoms with Crippen molar-refractivity contribution >= 4 is 10.8 Å². The van der Waals surface area contributed by atoms with Crippen LogP contribution in [-0.2, 0) is 0 Å². The molecule has 3 aromatic carbocycles. The molecule has 0 aliphatic carbocycles. The van der Waals surface area contributed by atoms with Gasteiger partial charge < -0.3 is 0 Å². The maximum atomic E-state index is 3.25. The molecule has 0 N–H and O–H groups in total. The third-order valence-electron chi connectivity index (χ3n) is 2.81. The van der Waals surface area contributed by atoms with Crippen LogP contribution in [0.3, 0.4) is 0 Å². The average Bonchev–Trinajstić information content (AvgIpc) is 2.46. The Hall–Kier alpha value is -2.52. The minimum Gasteiger partial charge on any atom is -0.0622 e. The Morgan fingerprint density at radius 2 is 1.56 bits per heavy atom. The topological polar surface area (TPSA) is 0 Å². The molecule has 0 heterocycles. The molecule has 0 amide bonds. The molecule has 0 aliphatic rings. The maximum Gasteiger partial charge on any atom is 0.0333 e. The lowest BCUT2D eigenvalue weighted by Gasteiger charge is -1.98. The summed E-state index contributed by atoms with van der Waals surface area (Å²) in [6, 6.07) is 25.4. The van der Waals surface area contributed by atoms with Crippen molar-refractivity contribution < 1.29 is 0 Å². The third kappa shape index (κ3) is 2.12. The lowest BCUT2D eigenvalue weighted by atomic mass is 10.0. The van der Waals surface area contributed by atoms with Gasteiger partial charge in [0.2, 0.25) is 0 Å². The van der Waals surface area contributed by atoms with E-state index in [9.17, 15) is 0 Å². The molecule has 3 aromatic rings. The van der Waals surface area contributed by atoms with Gasteiger partial charge in [0, 0.05) is 16.5 Å². The number of benzene rings is 3. The Morgan fingerprint density at radius 3 is 2.44 bits per heavy atom. The number of hydrogen-bond acceptors (Lipinski definition) is 0. The first-order valence-corrected chi connectivity index (χ1v) is 5.90. The van der Waals surface area contributed by atoms with E-state index in [0.29, 0.717) is 0 Å². The van der Waals surface area contributed by atoms with E-state index < -0.39 is 0 Å². The monoisotopic (exact) mass is 227 g/mol. The summed E-state index contributed by atoms with van der Waals surface area (Å²) in [5.41, 5.74) is 2.06. The van der Waals surface area contributed by atoms with Gasteiger partial charge in [-0.25, -0.2) is 0 Å². The van der Waals surface area contributed by atoms with Crippen molar-refractivity contribution in [1.82, 2.24) is 0 Å². The molecule has 1 radical (unpaired) electrons. The Kier molecular flexibility index (Phi) is 2.82. The van der Waals surface area contributed by atoms with Crippen LogP contribution in [0.15, 0.2) is 66.7 Å². The van der Waals surface area contributed by atoms with E-state index >= 15 is 0 Å². The molecule has 18 heavy (non-hydrogen) atoms. The molecule has 0 heteroatoms. The number of fused-ring (bicyclic) bond motifs is 1. The van der Waals surface area contributed by atoms with Crippen LogP contribution in [0.4, 0.5) is 0 Å². The predicted octanol–water partition coefficient (Wildman–Crippen LogP) is 4.04. The van der Waals surface area contributed by atoms with Crippen LogP contribution in [0.1, 0.15) is 11.1 Å². The summed E-state index contributed by atoms with van der Waals surface area (Å²) in [7, 11) is 0. The lowest BCUT2D eigenvalue weighted by molar-refractivity contribution is 1.64. The fraction of sp³-hybridized carbons (Fsp3) is 0. The maximum absolute atomic E-state index is 3.25. The molecule has 0 unspecified atom stereocenters. The van der Waals surface area contributed by atoms with E-state index in [-0.39, 0.29) is 0 Å². The second kappa shape index (κ2) is 4.77. The van der Waals surface area contributed by atoms with E-state index in [2.05, 4.69) is 30.0 Å². The summed E-state index contributed by atoms with van der Waals surface area (Å²) in [4.78, 5) is 0. The SMILES string of the molecule is C(#Cc1cccc2ccc[c]c12)c1ccccc1. The van der Waals surface area contributed by atoms with Crippen molar-refractivity contribution in [3.63, 3.8) is 0 Å². The molecule has 83 valence electrons. The van der Waals surface area contributed by atoms with E-state index in [1.807, 2.05) is 54.6 Å². The van der Waals surface area contributed by atoms with Gasteiger partial charge in [0.1, 0.15) is 0 Å². The summed E-state index contributed by atoms with van der Waals surface area (Å²) >= 11 is 0. The molecule has 0 aliphatic heterocycles. The van der Waals surface area contributed by atoms with Gasteiger partial charge in [-0.3, -0.25) is 0 Å². The van der Waals surface area contributed by atoms with Gasteiger partial charge in [0.05, 0.1) is 0 Å². The highest BCUT2D eigenvalue weighted by Gasteiger charge is 1.96. The van der Waals surface area contributed by atoms with Gasteiger partial charge in [-0.2, -0.15) is 0 Å². The van der Waals surface area contributed by atoms with Crippen molar-refractivity contribution in [2.24, 2.45) is 0 Å². The van der Waals surface area contributed by atoms with Gasteiger partial charge in [-0.1, -0.05) is 60.4 Å². The highest BCUT2D eigenvalue weighted by atomic mass is 14.0. The Bertz CT molecular complexity index is 723. The smallest absolute Gasteiger partial charge is 0.0333 e. The van der Waals surface area contributed by atoms with Crippen LogP contribution < -0.4 is 0 Å². The van der Waals surface area contributed by atoms with E-state index in [1.54, 1.807) is 0 Å². The quantitative estimate of drug-likeness (QED) is 0.508. The van der Waals surface area contributed by atoms with Crippen molar-refractivity contribution in [3.8, 4) is 11.8 Å². The minimum atomic E-state index is 1.02. The van der Waals surface area contributed by atoms with Gasteiger partial charge in [0.15, 0.2) is 0 Å². The highest BCUT2D eigenvalue weighted by Crippen LogP contribution is 2.16. The zero-order chi connectivity index (χ0) is 12.2. The van der Waals surface area contributed by atoms with Crippen LogP contribution in [-0.4, -0.2) is 0 Å². The van der Waals surface area contributed by atoms with Gasteiger partial charge >= 0.3 is 0 Å². The first-order chi connectivity index (χ1) is 8.93. The van der Waals surface area contributed by atoms with Crippen molar-refractivity contribution in [2.45, 2.75) is 0 Å². The lowest BCUT2D eigenvalue weighted by Crippen LogP contribution is -1.79. The fourth-order valence-corrected chi connectivity index (χ4v) is 1.92. The minimum absolute atomic E-state index is 1.02. The van der Waals surface area contributed by atoms with Gasteiger partial charge in [0.25, 0.3) is 0 Å². The Balaban J connectivity index is 2.09. The molecule has 0 saturated heterocycles. The zero-order valence-corrected chi connectivity index (χ0v) is 9.85. The fourth-order valence-electron chi connectivity index (χ4n) is 1.92. The Labute approximate surface area is 107 Å². The van der Waals surface area contributed by atoms with Crippen molar-refractivity contribution in [2.75, 3.05) is 0 Å². The standard InChI is InChI=1S/C18H11/c1-2-7-15(8-3-1)13-14-17-11-6-10-16-9-4-5-12-18(16)17/h1-11H. The molecule has 0 nitrogen and oxygen atoms in total. The van der Waals surface area contributed by atoms with Crippen molar-refractivity contribution in [1.29, 1.82) is 0 Å². The first-order valence-electron chi connectivity index (χ1n) is 5.90. The average molecular weight is 227 g/mol. The molecule has 0 spiro atoms. The van der Waals surface area contributed by atoms with Crippen LogP contribution >= 0.6 is 0 Å². The first kappa shape index (κ1) is 10.6. The Morgan fingerprint density at radius 1 is 0.722 bits per heavy atom. The molecule has 0 saturated carbocycles. The molecule has 3 rings (SSSR count). The number of hydrogen-bond donors (Lipinski definition) is 0. The van der Waals surface area contributed by atoms with Crippen LogP contribution in [0, 0.1) is 17.9 Å². The van der Waals surface area contributed by atoms with E-state index in [1.165, 1.54) is 5.39 Å². The predicted molar refractivity (Wildman–Crippen MR) is 75.2 cm³/mol. The van der Waals surface area contributed by atoms with Gasteiger partial charge in [-0.15, -0.1) is 0 Å². The van der Waals surface area contributed by atoms with Gasteiger partial charge in [-0.05, 0) is 29.7 Å². The summed E-state index contributed by atoms with van der Waals surface area (Å²) in [6.07, 6.45) is 0. The van der Waals surface area contributed by atoms with Crippen molar-refractivity contribution in [3.05, 3.63) is 83.9 Å².